The zero-order valence-electron chi connectivity index (χ0n) is 11.1. The second kappa shape index (κ2) is 6.88. The first-order valence-electron chi connectivity index (χ1n) is 6.40. The molecule has 0 aromatic carbocycles. The Balaban J connectivity index is 0.00000180. The van der Waals surface area contributed by atoms with E-state index in [0.717, 1.165) is 18.7 Å². The molecule has 1 saturated carbocycles. The van der Waals surface area contributed by atoms with Crippen molar-refractivity contribution >= 4 is 28.3 Å². The minimum absolute atomic E-state index is 0. The van der Waals surface area contributed by atoms with E-state index in [9.17, 15) is 13.2 Å². The highest BCUT2D eigenvalue weighted by atomic mass is 35.5. The standard InChI is InChI=1S/C11H21N3O3S.ClH/c1-18(16,17)13-10-4-5-14(8-10)11(15)7-12-6-9-2-3-9;/h9-10,12-13H,2-8H2,1H3;1H. The maximum atomic E-state index is 11.8. The molecular formula is C11H22ClN3O3S. The van der Waals surface area contributed by atoms with Crippen molar-refractivity contribution in [1.29, 1.82) is 0 Å². The van der Waals surface area contributed by atoms with Crippen LogP contribution in [0.1, 0.15) is 19.3 Å². The monoisotopic (exact) mass is 311 g/mol. The molecule has 1 atom stereocenters. The van der Waals surface area contributed by atoms with Crippen LogP contribution in [-0.4, -0.2) is 57.7 Å². The lowest BCUT2D eigenvalue weighted by Gasteiger charge is -2.17. The third-order valence-electron chi connectivity index (χ3n) is 3.33. The molecule has 6 nitrogen and oxygen atoms in total. The van der Waals surface area contributed by atoms with E-state index in [0.29, 0.717) is 26.1 Å². The topological polar surface area (TPSA) is 78.5 Å². The lowest BCUT2D eigenvalue weighted by atomic mass is 10.3. The van der Waals surface area contributed by atoms with Gasteiger partial charge in [-0.1, -0.05) is 0 Å². The highest BCUT2D eigenvalue weighted by Crippen LogP contribution is 2.27. The van der Waals surface area contributed by atoms with Crippen LogP contribution in [0.4, 0.5) is 0 Å². The highest BCUT2D eigenvalue weighted by molar-refractivity contribution is 7.88. The quantitative estimate of drug-likeness (QED) is 0.697. The van der Waals surface area contributed by atoms with Crippen LogP contribution in [0.2, 0.25) is 0 Å². The molecule has 1 aliphatic carbocycles. The summed E-state index contributed by atoms with van der Waals surface area (Å²) in [4.78, 5) is 13.6. The van der Waals surface area contributed by atoms with Gasteiger partial charge in [0.05, 0.1) is 12.8 Å². The van der Waals surface area contributed by atoms with Crippen LogP contribution >= 0.6 is 12.4 Å². The summed E-state index contributed by atoms with van der Waals surface area (Å²) in [7, 11) is -3.18. The first-order chi connectivity index (χ1) is 8.44. The summed E-state index contributed by atoms with van der Waals surface area (Å²) in [5, 5.41) is 3.16. The van der Waals surface area contributed by atoms with Crippen molar-refractivity contribution in [3.63, 3.8) is 0 Å². The molecule has 1 saturated heterocycles. The number of amides is 1. The Kier molecular flexibility index (Phi) is 6.04. The van der Waals surface area contributed by atoms with Gasteiger partial charge in [0.1, 0.15) is 0 Å². The average Bonchev–Trinajstić information content (AvgIpc) is 2.95. The molecule has 112 valence electrons. The molecule has 0 spiro atoms. The fraction of sp³-hybridized carbons (Fsp3) is 0.909. The van der Waals surface area contributed by atoms with Gasteiger partial charge in [-0.2, -0.15) is 0 Å². The van der Waals surface area contributed by atoms with Crippen LogP contribution in [0.15, 0.2) is 0 Å². The number of halogens is 1. The van der Waals surface area contributed by atoms with E-state index >= 15 is 0 Å². The van der Waals surface area contributed by atoms with Gasteiger partial charge in [-0.15, -0.1) is 12.4 Å². The van der Waals surface area contributed by atoms with Crippen LogP contribution in [0.25, 0.3) is 0 Å². The summed E-state index contributed by atoms with van der Waals surface area (Å²) < 4.78 is 24.7. The van der Waals surface area contributed by atoms with Crippen LogP contribution < -0.4 is 10.0 Å². The van der Waals surface area contributed by atoms with Crippen molar-refractivity contribution in [2.75, 3.05) is 32.4 Å². The Morgan fingerprint density at radius 3 is 2.58 bits per heavy atom. The van der Waals surface area contributed by atoms with E-state index < -0.39 is 10.0 Å². The molecule has 8 heteroatoms. The molecule has 0 bridgehead atoms. The van der Waals surface area contributed by atoms with Crippen molar-refractivity contribution in [1.82, 2.24) is 14.9 Å². The van der Waals surface area contributed by atoms with E-state index in [-0.39, 0.29) is 24.4 Å². The van der Waals surface area contributed by atoms with Gasteiger partial charge in [0.2, 0.25) is 15.9 Å². The smallest absolute Gasteiger partial charge is 0.236 e. The predicted octanol–water partition coefficient (Wildman–Crippen LogP) is -0.442. The number of hydrogen-bond acceptors (Lipinski definition) is 4. The summed E-state index contributed by atoms with van der Waals surface area (Å²) in [5.41, 5.74) is 0. The fourth-order valence-electron chi connectivity index (χ4n) is 2.20. The van der Waals surface area contributed by atoms with Gasteiger partial charge in [0.15, 0.2) is 0 Å². The number of carbonyl (C=O) groups is 1. The van der Waals surface area contributed by atoms with Gasteiger partial charge >= 0.3 is 0 Å². The van der Waals surface area contributed by atoms with Crippen LogP contribution in [-0.2, 0) is 14.8 Å². The molecule has 2 aliphatic rings. The third kappa shape index (κ3) is 6.07. The van der Waals surface area contributed by atoms with Crippen molar-refractivity contribution in [3.8, 4) is 0 Å². The zero-order chi connectivity index (χ0) is 13.2. The SMILES string of the molecule is CS(=O)(=O)NC1CCN(C(=O)CNCC2CC2)C1.Cl. The Bertz CT molecular complexity index is 411. The summed E-state index contributed by atoms with van der Waals surface area (Å²) in [6.07, 6.45) is 4.38. The van der Waals surface area contributed by atoms with Gasteiger partial charge < -0.3 is 10.2 Å². The van der Waals surface area contributed by atoms with Crippen LogP contribution in [0.5, 0.6) is 0 Å². The number of likely N-dealkylation sites (tertiary alicyclic amines) is 1. The number of carbonyl (C=O) groups excluding carboxylic acids is 1. The predicted molar refractivity (Wildman–Crippen MR) is 75.8 cm³/mol. The molecule has 1 aliphatic heterocycles. The van der Waals surface area contributed by atoms with Crippen molar-refractivity contribution < 1.29 is 13.2 Å². The number of sulfonamides is 1. The van der Waals surface area contributed by atoms with E-state index in [1.54, 1.807) is 4.90 Å². The van der Waals surface area contributed by atoms with Gasteiger partial charge in [0, 0.05) is 19.1 Å². The lowest BCUT2D eigenvalue weighted by Crippen LogP contribution is -2.41. The molecule has 0 aromatic heterocycles. The highest BCUT2D eigenvalue weighted by Gasteiger charge is 2.28. The molecule has 1 unspecified atom stereocenters. The molecule has 2 N–H and O–H groups in total. The lowest BCUT2D eigenvalue weighted by molar-refractivity contribution is -0.129. The Morgan fingerprint density at radius 1 is 1.32 bits per heavy atom. The summed E-state index contributed by atoms with van der Waals surface area (Å²) in [6, 6.07) is -0.132. The number of hydrogen-bond donors (Lipinski definition) is 2. The first kappa shape index (κ1) is 16.7. The van der Waals surface area contributed by atoms with Gasteiger partial charge in [-0.3, -0.25) is 4.79 Å². The molecule has 0 radical (unpaired) electrons. The van der Waals surface area contributed by atoms with Gasteiger partial charge in [0.25, 0.3) is 0 Å². The second-order valence-corrected chi connectivity index (χ2v) is 7.07. The van der Waals surface area contributed by atoms with E-state index in [1.165, 1.54) is 12.8 Å². The number of rotatable bonds is 6. The fourth-order valence-corrected chi connectivity index (χ4v) is 3.00. The first-order valence-corrected chi connectivity index (χ1v) is 8.29. The number of nitrogens with zero attached hydrogens (tertiary/aromatic N) is 1. The molecular weight excluding hydrogens is 290 g/mol. The van der Waals surface area contributed by atoms with E-state index in [1.807, 2.05) is 0 Å². The summed E-state index contributed by atoms with van der Waals surface area (Å²) in [5.74, 6) is 0.824. The Labute approximate surface area is 120 Å². The summed E-state index contributed by atoms with van der Waals surface area (Å²) in [6.45, 7) is 2.40. The largest absolute Gasteiger partial charge is 0.340 e. The van der Waals surface area contributed by atoms with Crippen molar-refractivity contribution in [2.24, 2.45) is 5.92 Å². The van der Waals surface area contributed by atoms with E-state index in [4.69, 9.17) is 0 Å². The van der Waals surface area contributed by atoms with Crippen molar-refractivity contribution in [3.05, 3.63) is 0 Å². The minimum Gasteiger partial charge on any atom is -0.340 e. The van der Waals surface area contributed by atoms with Crippen molar-refractivity contribution in [2.45, 2.75) is 25.3 Å². The maximum absolute atomic E-state index is 11.8. The van der Waals surface area contributed by atoms with Crippen LogP contribution in [0.3, 0.4) is 0 Å². The van der Waals surface area contributed by atoms with Gasteiger partial charge in [-0.05, 0) is 31.7 Å². The summed E-state index contributed by atoms with van der Waals surface area (Å²) >= 11 is 0. The molecule has 0 aromatic rings. The van der Waals surface area contributed by atoms with Crippen LogP contribution in [0, 0.1) is 5.92 Å². The Morgan fingerprint density at radius 2 is 2.00 bits per heavy atom. The molecule has 2 rings (SSSR count). The number of nitrogens with one attached hydrogen (secondary N) is 2. The average molecular weight is 312 g/mol. The molecule has 19 heavy (non-hydrogen) atoms. The minimum atomic E-state index is -3.18. The Hall–Kier alpha value is -0.370. The second-order valence-electron chi connectivity index (χ2n) is 5.29. The molecule has 1 amide bonds. The van der Waals surface area contributed by atoms with E-state index in [2.05, 4.69) is 10.0 Å². The maximum Gasteiger partial charge on any atom is 0.236 e. The molecule has 1 heterocycles. The molecule has 2 fully saturated rings. The normalized spacial score (nSPS) is 23.2. The zero-order valence-corrected chi connectivity index (χ0v) is 12.7. The van der Waals surface area contributed by atoms with Gasteiger partial charge in [-0.25, -0.2) is 13.1 Å². The third-order valence-corrected chi connectivity index (χ3v) is 4.09.